The highest BCUT2D eigenvalue weighted by Gasteiger charge is 2.31. The van der Waals surface area contributed by atoms with Gasteiger partial charge in [0.05, 0.1) is 12.0 Å². The van der Waals surface area contributed by atoms with Crippen molar-refractivity contribution < 1.29 is 4.79 Å². The molecular formula is C12H11ClN2O. The van der Waals surface area contributed by atoms with Crippen LogP contribution in [-0.4, -0.2) is 23.9 Å². The first-order valence-corrected chi connectivity index (χ1v) is 5.44. The summed E-state index contributed by atoms with van der Waals surface area (Å²) in [7, 11) is 0. The number of rotatable bonds is 1. The van der Waals surface area contributed by atoms with Crippen LogP contribution in [-0.2, 0) is 0 Å². The summed E-state index contributed by atoms with van der Waals surface area (Å²) in [6, 6.07) is 7.37. The van der Waals surface area contributed by atoms with Crippen molar-refractivity contribution in [3.05, 3.63) is 34.3 Å². The summed E-state index contributed by atoms with van der Waals surface area (Å²) >= 11 is 5.83. The molecule has 1 amide bonds. The zero-order valence-electron chi connectivity index (χ0n) is 8.90. The van der Waals surface area contributed by atoms with Crippen molar-refractivity contribution in [3.63, 3.8) is 0 Å². The van der Waals surface area contributed by atoms with Gasteiger partial charge in [0.2, 0.25) is 0 Å². The molecule has 2 rings (SSSR count). The first-order valence-electron chi connectivity index (χ1n) is 5.07. The van der Waals surface area contributed by atoms with Gasteiger partial charge in [-0.1, -0.05) is 11.6 Å². The molecule has 16 heavy (non-hydrogen) atoms. The van der Waals surface area contributed by atoms with E-state index in [2.05, 4.69) is 6.07 Å². The summed E-state index contributed by atoms with van der Waals surface area (Å²) in [6.07, 6.45) is 0. The number of hydrogen-bond acceptors (Lipinski definition) is 2. The smallest absolute Gasteiger partial charge is 0.254 e. The number of carbonyl (C=O) groups excluding carboxylic acids is 1. The van der Waals surface area contributed by atoms with E-state index in [0.29, 0.717) is 23.7 Å². The van der Waals surface area contributed by atoms with Gasteiger partial charge in [0.15, 0.2) is 0 Å². The molecule has 3 nitrogen and oxygen atoms in total. The van der Waals surface area contributed by atoms with Gasteiger partial charge in [-0.25, -0.2) is 0 Å². The average Bonchev–Trinajstić information content (AvgIpc) is 2.15. The number of hydrogen-bond donors (Lipinski definition) is 0. The molecule has 0 aliphatic carbocycles. The van der Waals surface area contributed by atoms with E-state index >= 15 is 0 Å². The molecule has 0 aromatic heterocycles. The maximum Gasteiger partial charge on any atom is 0.254 e. The number of benzene rings is 1. The van der Waals surface area contributed by atoms with Gasteiger partial charge in [0.1, 0.15) is 0 Å². The molecule has 0 N–H and O–H groups in total. The Balaban J connectivity index is 2.14. The average molecular weight is 235 g/mol. The molecule has 1 aromatic rings. The van der Waals surface area contributed by atoms with Crippen molar-refractivity contribution in [1.82, 2.24) is 4.90 Å². The fourth-order valence-electron chi connectivity index (χ4n) is 1.76. The maximum absolute atomic E-state index is 12.0. The van der Waals surface area contributed by atoms with E-state index in [0.717, 1.165) is 5.56 Å². The van der Waals surface area contributed by atoms with Gasteiger partial charge in [0.25, 0.3) is 5.91 Å². The Morgan fingerprint density at radius 2 is 2.25 bits per heavy atom. The minimum absolute atomic E-state index is 0.00319. The van der Waals surface area contributed by atoms with E-state index in [1.165, 1.54) is 0 Å². The van der Waals surface area contributed by atoms with Gasteiger partial charge in [-0.3, -0.25) is 4.79 Å². The van der Waals surface area contributed by atoms with Gasteiger partial charge in [0, 0.05) is 23.7 Å². The molecule has 0 unspecified atom stereocenters. The first kappa shape index (κ1) is 11.0. The largest absolute Gasteiger partial charge is 0.336 e. The van der Waals surface area contributed by atoms with Crippen molar-refractivity contribution >= 4 is 17.5 Å². The van der Waals surface area contributed by atoms with Gasteiger partial charge >= 0.3 is 0 Å². The van der Waals surface area contributed by atoms with Crippen LogP contribution in [0.2, 0.25) is 5.02 Å². The number of carbonyl (C=O) groups is 1. The topological polar surface area (TPSA) is 44.1 Å². The first-order chi connectivity index (χ1) is 7.61. The van der Waals surface area contributed by atoms with Crippen LogP contribution < -0.4 is 0 Å². The van der Waals surface area contributed by atoms with Crippen LogP contribution in [0.15, 0.2) is 18.2 Å². The zero-order chi connectivity index (χ0) is 11.7. The second-order valence-electron chi connectivity index (χ2n) is 4.00. The van der Waals surface area contributed by atoms with Crippen LogP contribution in [0, 0.1) is 24.2 Å². The molecule has 0 spiro atoms. The summed E-state index contributed by atoms with van der Waals surface area (Å²) < 4.78 is 0. The molecule has 1 aliphatic rings. The Labute approximate surface area is 99.2 Å². The van der Waals surface area contributed by atoms with Crippen LogP contribution >= 0.6 is 11.6 Å². The van der Waals surface area contributed by atoms with Crippen LogP contribution in [0.25, 0.3) is 0 Å². The van der Waals surface area contributed by atoms with E-state index in [9.17, 15) is 4.79 Å². The Kier molecular flexibility index (Phi) is 2.84. The summed E-state index contributed by atoms with van der Waals surface area (Å²) in [5, 5.41) is 9.27. The monoisotopic (exact) mass is 234 g/mol. The summed E-state index contributed by atoms with van der Waals surface area (Å²) in [6.45, 7) is 2.94. The van der Waals surface area contributed by atoms with E-state index in [-0.39, 0.29) is 11.8 Å². The van der Waals surface area contributed by atoms with Crippen molar-refractivity contribution in [3.8, 4) is 6.07 Å². The van der Waals surface area contributed by atoms with Crippen LogP contribution in [0.1, 0.15) is 15.9 Å². The molecule has 0 radical (unpaired) electrons. The standard InChI is InChI=1S/C12H11ClN2O/c1-8-4-10(13)2-3-11(8)12(16)15-6-9(5-14)7-15/h2-4,9H,6-7H2,1H3. The number of likely N-dealkylation sites (tertiary alicyclic amines) is 1. The van der Waals surface area contributed by atoms with Gasteiger partial charge in [-0.2, -0.15) is 5.26 Å². The van der Waals surface area contributed by atoms with Crippen molar-refractivity contribution in [2.24, 2.45) is 5.92 Å². The third kappa shape index (κ3) is 1.89. The maximum atomic E-state index is 12.0. The number of amides is 1. The quantitative estimate of drug-likeness (QED) is 0.748. The predicted octanol–water partition coefficient (Wildman–Crippen LogP) is 2.24. The number of aryl methyl sites for hydroxylation is 1. The minimum atomic E-state index is -0.0133. The van der Waals surface area contributed by atoms with E-state index < -0.39 is 0 Å². The van der Waals surface area contributed by atoms with Gasteiger partial charge < -0.3 is 4.90 Å². The third-order valence-corrected chi connectivity index (χ3v) is 3.01. The second kappa shape index (κ2) is 4.15. The van der Waals surface area contributed by atoms with Crippen molar-refractivity contribution in [2.45, 2.75) is 6.92 Å². The Morgan fingerprint density at radius 1 is 1.56 bits per heavy atom. The Morgan fingerprint density at radius 3 is 2.81 bits per heavy atom. The lowest BCUT2D eigenvalue weighted by Crippen LogP contribution is -2.49. The fourth-order valence-corrected chi connectivity index (χ4v) is 1.99. The minimum Gasteiger partial charge on any atom is -0.336 e. The second-order valence-corrected chi connectivity index (χ2v) is 4.43. The number of halogens is 1. The highest BCUT2D eigenvalue weighted by molar-refractivity contribution is 6.30. The highest BCUT2D eigenvalue weighted by Crippen LogP contribution is 2.21. The van der Waals surface area contributed by atoms with E-state index in [4.69, 9.17) is 16.9 Å². The number of nitriles is 1. The summed E-state index contributed by atoms with van der Waals surface area (Å²) in [4.78, 5) is 13.7. The Hall–Kier alpha value is -1.53. The van der Waals surface area contributed by atoms with Gasteiger partial charge in [-0.05, 0) is 30.7 Å². The predicted molar refractivity (Wildman–Crippen MR) is 61.2 cm³/mol. The zero-order valence-corrected chi connectivity index (χ0v) is 9.66. The molecule has 1 aliphatic heterocycles. The van der Waals surface area contributed by atoms with Crippen LogP contribution in [0.5, 0.6) is 0 Å². The normalized spacial score (nSPS) is 15.4. The van der Waals surface area contributed by atoms with E-state index in [1.807, 2.05) is 6.92 Å². The number of nitrogens with zero attached hydrogens (tertiary/aromatic N) is 2. The lowest BCUT2D eigenvalue weighted by molar-refractivity contribution is 0.0576. The lowest BCUT2D eigenvalue weighted by atomic mass is 9.99. The molecule has 4 heteroatoms. The molecule has 1 aromatic carbocycles. The molecule has 82 valence electrons. The lowest BCUT2D eigenvalue weighted by Gasteiger charge is -2.35. The van der Waals surface area contributed by atoms with Crippen LogP contribution in [0.3, 0.4) is 0 Å². The van der Waals surface area contributed by atoms with Gasteiger partial charge in [-0.15, -0.1) is 0 Å². The molecule has 1 fully saturated rings. The fraction of sp³-hybridized carbons (Fsp3) is 0.333. The Bertz CT molecular complexity index is 472. The SMILES string of the molecule is Cc1cc(Cl)ccc1C(=O)N1CC(C#N)C1. The molecule has 1 saturated heterocycles. The molecule has 0 bridgehead atoms. The molecule has 0 atom stereocenters. The third-order valence-electron chi connectivity index (χ3n) is 2.77. The molecule has 1 heterocycles. The van der Waals surface area contributed by atoms with Crippen molar-refractivity contribution in [2.75, 3.05) is 13.1 Å². The summed E-state index contributed by atoms with van der Waals surface area (Å²) in [5.41, 5.74) is 1.54. The van der Waals surface area contributed by atoms with E-state index in [1.54, 1.807) is 23.1 Å². The summed E-state index contributed by atoms with van der Waals surface area (Å²) in [5.74, 6) is -0.0165. The molecular weight excluding hydrogens is 224 g/mol. The highest BCUT2D eigenvalue weighted by atomic mass is 35.5. The van der Waals surface area contributed by atoms with Crippen LogP contribution in [0.4, 0.5) is 0 Å². The molecule has 0 saturated carbocycles. The van der Waals surface area contributed by atoms with Crippen molar-refractivity contribution in [1.29, 1.82) is 5.26 Å².